The minimum atomic E-state index is -0.181. The largest absolute Gasteiger partial charge is 0.284 e. The molecule has 0 aliphatic heterocycles. The summed E-state index contributed by atoms with van der Waals surface area (Å²) in [7, 11) is 0. The molecule has 3 aromatic heterocycles. The fraction of sp³-hybridized carbons (Fsp3) is 0. The lowest BCUT2D eigenvalue weighted by atomic mass is 10.3. The molecule has 22 heavy (non-hydrogen) atoms. The fourth-order valence-electron chi connectivity index (χ4n) is 2.33. The smallest absolute Gasteiger partial charge is 0.266 e. The quantitative estimate of drug-likeness (QED) is 0.571. The SMILES string of the molecule is O=c1c(-c2cccs2)nc2cncnc2n1-c1ccccc1. The Morgan fingerprint density at radius 1 is 1.05 bits per heavy atom. The third kappa shape index (κ3) is 2.01. The van der Waals surface area contributed by atoms with E-state index in [9.17, 15) is 4.79 Å². The summed E-state index contributed by atoms with van der Waals surface area (Å²) in [5.41, 5.74) is 2.10. The first-order chi connectivity index (χ1) is 10.8. The summed E-state index contributed by atoms with van der Waals surface area (Å²) < 4.78 is 1.58. The highest BCUT2D eigenvalue weighted by molar-refractivity contribution is 7.13. The van der Waals surface area contributed by atoms with Crippen LogP contribution in [0.5, 0.6) is 0 Å². The van der Waals surface area contributed by atoms with Crippen LogP contribution in [0.25, 0.3) is 27.4 Å². The molecule has 5 nitrogen and oxygen atoms in total. The zero-order chi connectivity index (χ0) is 14.9. The van der Waals surface area contributed by atoms with Crippen LogP contribution in [0.4, 0.5) is 0 Å². The van der Waals surface area contributed by atoms with Crippen LogP contribution < -0.4 is 5.56 Å². The number of fused-ring (bicyclic) bond motifs is 1. The van der Waals surface area contributed by atoms with Crippen LogP contribution in [0, 0.1) is 0 Å². The number of nitrogens with zero attached hydrogens (tertiary/aromatic N) is 4. The highest BCUT2D eigenvalue weighted by Crippen LogP contribution is 2.22. The number of aromatic nitrogens is 4. The van der Waals surface area contributed by atoms with Gasteiger partial charge >= 0.3 is 0 Å². The van der Waals surface area contributed by atoms with Crippen molar-refractivity contribution in [3.63, 3.8) is 0 Å². The van der Waals surface area contributed by atoms with Gasteiger partial charge in [0.15, 0.2) is 5.65 Å². The number of hydrogen-bond donors (Lipinski definition) is 0. The van der Waals surface area contributed by atoms with Crippen molar-refractivity contribution in [2.75, 3.05) is 0 Å². The third-order valence-electron chi connectivity index (χ3n) is 3.29. The molecular formula is C16H10N4OS. The van der Waals surface area contributed by atoms with Crippen molar-refractivity contribution in [3.8, 4) is 16.3 Å². The molecule has 0 saturated heterocycles. The van der Waals surface area contributed by atoms with Crippen molar-refractivity contribution in [2.45, 2.75) is 0 Å². The summed E-state index contributed by atoms with van der Waals surface area (Å²) in [5.74, 6) is 0. The second-order valence-electron chi connectivity index (χ2n) is 4.65. The Balaban J connectivity index is 2.14. The van der Waals surface area contributed by atoms with E-state index in [-0.39, 0.29) is 5.56 Å². The Hall–Kier alpha value is -2.86. The van der Waals surface area contributed by atoms with Crippen LogP contribution in [-0.2, 0) is 0 Å². The summed E-state index contributed by atoms with van der Waals surface area (Å²) in [6, 6.07) is 13.2. The maximum absolute atomic E-state index is 12.9. The predicted molar refractivity (Wildman–Crippen MR) is 86.2 cm³/mol. The highest BCUT2D eigenvalue weighted by Gasteiger charge is 2.15. The van der Waals surface area contributed by atoms with Crippen molar-refractivity contribution in [2.24, 2.45) is 0 Å². The summed E-state index contributed by atoms with van der Waals surface area (Å²) in [4.78, 5) is 26.5. The molecule has 0 spiro atoms. The Bertz CT molecular complexity index is 994. The minimum absolute atomic E-state index is 0.181. The predicted octanol–water partition coefficient (Wildman–Crippen LogP) is 2.90. The molecule has 0 radical (unpaired) electrons. The maximum Gasteiger partial charge on any atom is 0.284 e. The molecule has 0 saturated carbocycles. The van der Waals surface area contributed by atoms with E-state index in [1.807, 2.05) is 47.8 Å². The Morgan fingerprint density at radius 3 is 2.68 bits per heavy atom. The minimum Gasteiger partial charge on any atom is -0.266 e. The number of rotatable bonds is 2. The van der Waals surface area contributed by atoms with Crippen molar-refractivity contribution < 1.29 is 0 Å². The van der Waals surface area contributed by atoms with Gasteiger partial charge in [0, 0.05) is 0 Å². The molecule has 0 N–H and O–H groups in total. The molecule has 1 aromatic carbocycles. The van der Waals surface area contributed by atoms with E-state index in [0.29, 0.717) is 16.9 Å². The molecule has 4 rings (SSSR count). The van der Waals surface area contributed by atoms with Gasteiger partial charge in [-0.3, -0.25) is 9.36 Å². The molecule has 0 bridgehead atoms. The second kappa shape index (κ2) is 5.16. The van der Waals surface area contributed by atoms with Gasteiger partial charge in [0.2, 0.25) is 0 Å². The molecule has 4 aromatic rings. The zero-order valence-corrected chi connectivity index (χ0v) is 12.2. The van der Waals surface area contributed by atoms with Crippen molar-refractivity contribution >= 4 is 22.5 Å². The molecule has 0 amide bonds. The molecule has 0 atom stereocenters. The first kappa shape index (κ1) is 12.8. The lowest BCUT2D eigenvalue weighted by molar-refractivity contribution is 0.984. The van der Waals surface area contributed by atoms with E-state index in [2.05, 4.69) is 15.0 Å². The fourth-order valence-corrected chi connectivity index (χ4v) is 3.03. The topological polar surface area (TPSA) is 60.7 Å². The van der Waals surface area contributed by atoms with E-state index in [0.717, 1.165) is 10.6 Å². The molecule has 0 fully saturated rings. The van der Waals surface area contributed by atoms with Crippen molar-refractivity contribution in [3.05, 3.63) is 70.7 Å². The Kier molecular flexibility index (Phi) is 3.01. The second-order valence-corrected chi connectivity index (χ2v) is 5.59. The summed E-state index contributed by atoms with van der Waals surface area (Å²) in [5, 5.41) is 1.93. The van der Waals surface area contributed by atoms with Crippen LogP contribution in [0.2, 0.25) is 0 Å². The standard InChI is InChI=1S/C16H10N4OS/c21-16-14(13-7-4-8-22-13)19-12-9-17-10-18-15(12)20(16)11-5-2-1-3-6-11/h1-10H. The van der Waals surface area contributed by atoms with E-state index in [1.54, 1.807) is 10.8 Å². The average molecular weight is 306 g/mol. The van der Waals surface area contributed by atoms with Crippen LogP contribution >= 0.6 is 11.3 Å². The molecule has 6 heteroatoms. The maximum atomic E-state index is 12.9. The monoisotopic (exact) mass is 306 g/mol. The van der Waals surface area contributed by atoms with E-state index in [1.165, 1.54) is 17.7 Å². The molecule has 3 heterocycles. The van der Waals surface area contributed by atoms with E-state index < -0.39 is 0 Å². The van der Waals surface area contributed by atoms with Gasteiger partial charge < -0.3 is 0 Å². The molecule has 0 aliphatic carbocycles. The molecule has 106 valence electrons. The van der Waals surface area contributed by atoms with Gasteiger partial charge in [0.25, 0.3) is 5.56 Å². The highest BCUT2D eigenvalue weighted by atomic mass is 32.1. The average Bonchev–Trinajstić information content (AvgIpc) is 3.09. The first-order valence-electron chi connectivity index (χ1n) is 6.66. The van der Waals surface area contributed by atoms with Crippen molar-refractivity contribution in [1.82, 2.24) is 19.5 Å². The van der Waals surface area contributed by atoms with Gasteiger partial charge in [0.05, 0.1) is 16.8 Å². The molecule has 0 aliphatic rings. The Labute approximate surface area is 129 Å². The van der Waals surface area contributed by atoms with E-state index >= 15 is 0 Å². The van der Waals surface area contributed by atoms with Crippen LogP contribution in [-0.4, -0.2) is 19.5 Å². The number of hydrogen-bond acceptors (Lipinski definition) is 5. The van der Waals surface area contributed by atoms with Gasteiger partial charge in [-0.05, 0) is 23.6 Å². The summed E-state index contributed by atoms with van der Waals surface area (Å²) >= 11 is 1.49. The van der Waals surface area contributed by atoms with Gasteiger partial charge in [0.1, 0.15) is 17.5 Å². The summed E-state index contributed by atoms with van der Waals surface area (Å²) in [6.07, 6.45) is 3.05. The molecular weight excluding hydrogens is 296 g/mol. The van der Waals surface area contributed by atoms with Gasteiger partial charge in [-0.1, -0.05) is 24.3 Å². The number of benzene rings is 1. The normalized spacial score (nSPS) is 10.9. The third-order valence-corrected chi connectivity index (χ3v) is 4.17. The van der Waals surface area contributed by atoms with Gasteiger partial charge in [-0.2, -0.15) is 0 Å². The first-order valence-corrected chi connectivity index (χ1v) is 7.54. The van der Waals surface area contributed by atoms with Crippen LogP contribution in [0.1, 0.15) is 0 Å². The number of thiophene rings is 1. The van der Waals surface area contributed by atoms with Gasteiger partial charge in [-0.25, -0.2) is 15.0 Å². The molecule has 0 unspecified atom stereocenters. The Morgan fingerprint density at radius 2 is 1.91 bits per heavy atom. The summed E-state index contributed by atoms with van der Waals surface area (Å²) in [6.45, 7) is 0. The van der Waals surface area contributed by atoms with Crippen LogP contribution in [0.3, 0.4) is 0 Å². The van der Waals surface area contributed by atoms with Gasteiger partial charge in [-0.15, -0.1) is 11.3 Å². The van der Waals surface area contributed by atoms with Crippen molar-refractivity contribution in [1.29, 1.82) is 0 Å². The lowest BCUT2D eigenvalue weighted by Gasteiger charge is -2.10. The number of para-hydroxylation sites is 1. The zero-order valence-electron chi connectivity index (χ0n) is 11.4. The van der Waals surface area contributed by atoms with Crippen LogP contribution in [0.15, 0.2) is 65.2 Å². The lowest BCUT2D eigenvalue weighted by Crippen LogP contribution is -2.22. The van der Waals surface area contributed by atoms with E-state index in [4.69, 9.17) is 0 Å².